The first-order valence-corrected chi connectivity index (χ1v) is 9.85. The van der Waals surface area contributed by atoms with Gasteiger partial charge in [0.2, 0.25) is 0 Å². The summed E-state index contributed by atoms with van der Waals surface area (Å²) in [7, 11) is 0. The van der Waals surface area contributed by atoms with Crippen LogP contribution in [-0.2, 0) is 0 Å². The summed E-state index contributed by atoms with van der Waals surface area (Å²) in [5.74, 6) is 3.78. The molecule has 0 saturated carbocycles. The van der Waals surface area contributed by atoms with E-state index in [0.29, 0.717) is 0 Å². The second-order valence-electron chi connectivity index (χ2n) is 8.82. The maximum atomic E-state index is 11.8. The fraction of sp³-hybridized carbons (Fsp3) is 1.00. The Morgan fingerprint density at radius 2 is 0.375 bits per heavy atom. The largest absolute Gasteiger partial charge is 0.248 e. The van der Waals surface area contributed by atoms with Crippen LogP contribution in [0.15, 0.2) is 0 Å². The molecule has 0 saturated heterocycles. The van der Waals surface area contributed by atoms with Crippen LogP contribution in [0.4, 0.5) is 8.78 Å². The molecule has 2 atom stereocenters. The van der Waals surface area contributed by atoms with Crippen molar-refractivity contribution in [2.75, 3.05) is 0 Å². The van der Waals surface area contributed by atoms with Crippen molar-refractivity contribution in [2.24, 2.45) is 35.5 Å². The molecule has 2 unspecified atom stereocenters. The first-order chi connectivity index (χ1) is 10.6. The summed E-state index contributed by atoms with van der Waals surface area (Å²) in [6.07, 6.45) is -1.30. The number of hydrogen-bond acceptors (Lipinski definition) is 0. The number of halogens is 2. The maximum absolute atomic E-state index is 11.8. The van der Waals surface area contributed by atoms with Crippen molar-refractivity contribution in [2.45, 2.75) is 109 Å². The molecule has 0 aromatic rings. The molecule has 0 nitrogen and oxygen atoms in total. The Bertz CT molecular complexity index is 142. The van der Waals surface area contributed by atoms with E-state index in [9.17, 15) is 8.78 Å². The highest BCUT2D eigenvalue weighted by Gasteiger charge is 2.01. The molecule has 0 heterocycles. The van der Waals surface area contributed by atoms with Crippen LogP contribution in [0.25, 0.3) is 0 Å². The lowest BCUT2D eigenvalue weighted by Gasteiger charge is -2.05. The molecule has 0 aliphatic heterocycles. The Kier molecular flexibility index (Phi) is 25.3. The lowest BCUT2D eigenvalue weighted by Crippen LogP contribution is -2.01. The summed E-state index contributed by atoms with van der Waals surface area (Å²) in [4.78, 5) is 0. The molecule has 0 bridgehead atoms. The second-order valence-corrected chi connectivity index (χ2v) is 8.82. The standard InChI is InChI=1S/2C6H14.2C5H11F/c2*1-5(2)6(3)4;2*1-4(2)5(3)6/h2*5-6H,1-4H3;2*4-5H,1-3H3. The van der Waals surface area contributed by atoms with Crippen LogP contribution in [0, 0.1) is 35.5 Å². The van der Waals surface area contributed by atoms with Crippen molar-refractivity contribution in [1.82, 2.24) is 0 Å². The van der Waals surface area contributed by atoms with Gasteiger partial charge in [-0.1, -0.05) is 83.1 Å². The highest BCUT2D eigenvalue weighted by Crippen LogP contribution is 2.06. The fourth-order valence-electron chi connectivity index (χ4n) is 0. The highest BCUT2D eigenvalue weighted by atomic mass is 19.1. The van der Waals surface area contributed by atoms with Gasteiger partial charge in [0.1, 0.15) is 0 Å². The van der Waals surface area contributed by atoms with Gasteiger partial charge in [0.15, 0.2) is 0 Å². The van der Waals surface area contributed by atoms with Crippen LogP contribution in [0.2, 0.25) is 0 Å². The van der Waals surface area contributed by atoms with E-state index in [1.54, 1.807) is 13.8 Å². The molecule has 0 aliphatic carbocycles. The van der Waals surface area contributed by atoms with Crippen molar-refractivity contribution in [3.05, 3.63) is 0 Å². The highest BCUT2D eigenvalue weighted by molar-refractivity contribution is 4.50. The number of hydrogen-bond donors (Lipinski definition) is 0. The topological polar surface area (TPSA) is 0 Å². The van der Waals surface area contributed by atoms with Crippen molar-refractivity contribution < 1.29 is 8.78 Å². The summed E-state index contributed by atoms with van der Waals surface area (Å²) < 4.78 is 23.6. The Labute approximate surface area is 154 Å². The zero-order valence-corrected chi connectivity index (χ0v) is 19.4. The van der Waals surface area contributed by atoms with E-state index >= 15 is 0 Å². The minimum absolute atomic E-state index is 0.185. The third-order valence-corrected chi connectivity index (χ3v) is 4.50. The molecule has 2 heteroatoms. The quantitative estimate of drug-likeness (QED) is 0.475. The Morgan fingerprint density at radius 1 is 0.292 bits per heavy atom. The van der Waals surface area contributed by atoms with Gasteiger partial charge in [0.05, 0.1) is 12.3 Å². The van der Waals surface area contributed by atoms with E-state index in [-0.39, 0.29) is 11.8 Å². The molecule has 0 rings (SSSR count). The van der Waals surface area contributed by atoms with E-state index in [1.807, 2.05) is 27.7 Å². The van der Waals surface area contributed by atoms with Crippen LogP contribution in [-0.4, -0.2) is 12.3 Å². The zero-order chi connectivity index (χ0) is 20.6. The molecular formula is C22H50F2. The van der Waals surface area contributed by atoms with E-state index in [1.165, 1.54) is 0 Å². The fourth-order valence-corrected chi connectivity index (χ4v) is 0. The summed E-state index contributed by atoms with van der Waals surface area (Å²) >= 11 is 0. The van der Waals surface area contributed by atoms with E-state index < -0.39 is 12.3 Å². The SMILES string of the molecule is CC(C)C(C)C.CC(C)C(C)C.CC(C)C(C)F.CC(C)C(C)F. The predicted octanol–water partition coefficient (Wildman–Crippen LogP) is 8.60. The molecule has 152 valence electrons. The average Bonchev–Trinajstić information content (AvgIpc) is 2.40. The second kappa shape index (κ2) is 19.2. The average molecular weight is 353 g/mol. The van der Waals surface area contributed by atoms with Gasteiger partial charge < -0.3 is 0 Å². The first-order valence-electron chi connectivity index (χ1n) is 9.85. The minimum atomic E-state index is -0.648. The third-order valence-electron chi connectivity index (χ3n) is 4.50. The summed E-state index contributed by atoms with van der Waals surface area (Å²) in [5.41, 5.74) is 0. The van der Waals surface area contributed by atoms with Gasteiger partial charge in [-0.15, -0.1) is 0 Å². The summed E-state index contributed by atoms with van der Waals surface area (Å²) in [6.45, 7) is 28.5. The smallest absolute Gasteiger partial charge is 0.0996 e. The number of rotatable bonds is 4. The minimum Gasteiger partial charge on any atom is -0.248 e. The van der Waals surface area contributed by atoms with E-state index in [0.717, 1.165) is 23.7 Å². The Balaban J connectivity index is -0.000000111. The maximum Gasteiger partial charge on any atom is 0.0996 e. The zero-order valence-electron chi connectivity index (χ0n) is 19.4. The van der Waals surface area contributed by atoms with Crippen LogP contribution in [0.5, 0.6) is 0 Å². The Morgan fingerprint density at radius 3 is 0.375 bits per heavy atom. The molecule has 0 spiro atoms. The number of alkyl halides is 2. The molecule has 24 heavy (non-hydrogen) atoms. The van der Waals surface area contributed by atoms with E-state index in [4.69, 9.17) is 0 Å². The van der Waals surface area contributed by atoms with E-state index in [2.05, 4.69) is 55.4 Å². The monoisotopic (exact) mass is 352 g/mol. The third kappa shape index (κ3) is 37.8. The predicted molar refractivity (Wildman–Crippen MR) is 110 cm³/mol. The van der Waals surface area contributed by atoms with Crippen molar-refractivity contribution in [3.8, 4) is 0 Å². The molecule has 0 aliphatic rings. The molecule has 0 aromatic heterocycles. The van der Waals surface area contributed by atoms with Crippen molar-refractivity contribution >= 4 is 0 Å². The van der Waals surface area contributed by atoms with Gasteiger partial charge in [0.25, 0.3) is 0 Å². The van der Waals surface area contributed by atoms with Crippen LogP contribution in [0.1, 0.15) is 96.9 Å². The molecule has 0 radical (unpaired) electrons. The van der Waals surface area contributed by atoms with Gasteiger partial charge in [0, 0.05) is 0 Å². The first kappa shape index (κ1) is 31.6. The molecule has 0 amide bonds. The van der Waals surface area contributed by atoms with Crippen LogP contribution in [0.3, 0.4) is 0 Å². The normalized spacial score (nSPS) is 13.2. The Hall–Kier alpha value is -0.140. The van der Waals surface area contributed by atoms with Gasteiger partial charge in [-0.3, -0.25) is 0 Å². The van der Waals surface area contributed by atoms with Crippen molar-refractivity contribution in [3.63, 3.8) is 0 Å². The molecule has 0 N–H and O–H groups in total. The molecular weight excluding hydrogens is 302 g/mol. The lowest BCUT2D eigenvalue weighted by molar-refractivity contribution is 0.279. The summed E-state index contributed by atoms with van der Waals surface area (Å²) in [5, 5.41) is 0. The molecule has 0 fully saturated rings. The lowest BCUT2D eigenvalue weighted by atomic mass is 10.0. The van der Waals surface area contributed by atoms with Gasteiger partial charge in [-0.25, -0.2) is 8.78 Å². The van der Waals surface area contributed by atoms with Crippen molar-refractivity contribution in [1.29, 1.82) is 0 Å². The molecule has 0 aromatic carbocycles. The van der Waals surface area contributed by atoms with Gasteiger partial charge in [-0.05, 0) is 49.4 Å². The summed E-state index contributed by atoms with van der Waals surface area (Å²) in [6, 6.07) is 0. The van der Waals surface area contributed by atoms with Gasteiger partial charge in [-0.2, -0.15) is 0 Å². The van der Waals surface area contributed by atoms with Gasteiger partial charge >= 0.3 is 0 Å². The van der Waals surface area contributed by atoms with Crippen LogP contribution >= 0.6 is 0 Å². The van der Waals surface area contributed by atoms with Crippen LogP contribution < -0.4 is 0 Å².